The fraction of sp³-hybridized carbons (Fsp3) is 0.200. The summed E-state index contributed by atoms with van der Waals surface area (Å²) in [5.41, 5.74) is 1.42. The van der Waals surface area contributed by atoms with Gasteiger partial charge in [-0.2, -0.15) is 0 Å². The maximum absolute atomic E-state index is 13.8. The minimum absolute atomic E-state index is 0.0939. The quantitative estimate of drug-likeness (QED) is 0.614. The highest BCUT2D eigenvalue weighted by Gasteiger charge is 2.14. The molecule has 2 aromatic carbocycles. The first-order valence-electron chi connectivity index (χ1n) is 8.41. The van der Waals surface area contributed by atoms with Crippen LogP contribution in [0.3, 0.4) is 0 Å². The number of aromatic nitrogens is 1. The van der Waals surface area contributed by atoms with Crippen LogP contribution in [-0.2, 0) is 11.2 Å². The number of ether oxygens (including phenoxy) is 1. The number of halogens is 3. The summed E-state index contributed by atoms with van der Waals surface area (Å²) in [7, 11) is 1.49. The molecule has 0 unspecified atom stereocenters. The predicted molar refractivity (Wildman–Crippen MR) is 102 cm³/mol. The Morgan fingerprint density at radius 3 is 2.79 bits per heavy atom. The van der Waals surface area contributed by atoms with E-state index in [1.807, 2.05) is 6.92 Å². The number of anilines is 1. The summed E-state index contributed by atoms with van der Waals surface area (Å²) < 4.78 is 37.5. The van der Waals surface area contributed by atoms with Crippen LogP contribution in [0.4, 0.5) is 14.5 Å². The summed E-state index contributed by atoms with van der Waals surface area (Å²) in [6.07, 6.45) is 1.65. The Morgan fingerprint density at radius 2 is 2.07 bits per heavy atom. The van der Waals surface area contributed by atoms with Gasteiger partial charge in [0.1, 0.15) is 17.4 Å². The van der Waals surface area contributed by atoms with E-state index in [1.54, 1.807) is 12.1 Å². The Hall–Kier alpha value is -2.93. The molecular formula is C20H17ClF2N2O3. The topological polar surface area (TPSA) is 64.4 Å². The fourth-order valence-corrected chi connectivity index (χ4v) is 2.76. The highest BCUT2D eigenvalue weighted by molar-refractivity contribution is 6.31. The SMILES string of the molecule is COc1cc(Cl)c(C)cc1NC(=O)CCc1ncc(-c2ccc(F)cc2F)o1. The molecule has 0 saturated heterocycles. The number of methoxy groups -OCH3 is 1. The van der Waals surface area contributed by atoms with E-state index in [0.29, 0.717) is 16.5 Å². The molecule has 28 heavy (non-hydrogen) atoms. The van der Waals surface area contributed by atoms with Gasteiger partial charge in [0.2, 0.25) is 5.91 Å². The lowest BCUT2D eigenvalue weighted by atomic mass is 10.2. The maximum Gasteiger partial charge on any atom is 0.224 e. The average Bonchev–Trinajstić information content (AvgIpc) is 3.11. The Labute approximate surface area is 165 Å². The summed E-state index contributed by atoms with van der Waals surface area (Å²) in [5.74, 6) is -0.797. The minimum Gasteiger partial charge on any atom is -0.495 e. The minimum atomic E-state index is -0.745. The third kappa shape index (κ3) is 4.48. The molecule has 0 radical (unpaired) electrons. The molecule has 0 bridgehead atoms. The Morgan fingerprint density at radius 1 is 1.29 bits per heavy atom. The van der Waals surface area contributed by atoms with Gasteiger partial charge in [-0.05, 0) is 30.7 Å². The van der Waals surface area contributed by atoms with Crippen molar-refractivity contribution >= 4 is 23.2 Å². The Bertz CT molecular complexity index is 1020. The van der Waals surface area contributed by atoms with E-state index >= 15 is 0 Å². The van der Waals surface area contributed by atoms with Crippen molar-refractivity contribution in [2.45, 2.75) is 19.8 Å². The normalized spacial score (nSPS) is 10.8. The van der Waals surface area contributed by atoms with E-state index in [2.05, 4.69) is 10.3 Å². The van der Waals surface area contributed by atoms with E-state index in [4.69, 9.17) is 20.8 Å². The number of hydrogen-bond acceptors (Lipinski definition) is 4. The lowest BCUT2D eigenvalue weighted by Gasteiger charge is -2.12. The molecule has 1 aromatic heterocycles. The molecule has 0 aliphatic carbocycles. The van der Waals surface area contributed by atoms with Gasteiger partial charge in [-0.3, -0.25) is 4.79 Å². The van der Waals surface area contributed by atoms with Crippen molar-refractivity contribution in [3.63, 3.8) is 0 Å². The van der Waals surface area contributed by atoms with Gasteiger partial charge in [0, 0.05) is 30.0 Å². The maximum atomic E-state index is 13.8. The van der Waals surface area contributed by atoms with Gasteiger partial charge in [-0.25, -0.2) is 13.8 Å². The summed E-state index contributed by atoms with van der Waals surface area (Å²) in [6, 6.07) is 6.53. The summed E-state index contributed by atoms with van der Waals surface area (Å²) in [5, 5.41) is 3.30. The lowest BCUT2D eigenvalue weighted by molar-refractivity contribution is -0.116. The molecule has 5 nitrogen and oxygen atoms in total. The lowest BCUT2D eigenvalue weighted by Crippen LogP contribution is -2.13. The molecule has 0 aliphatic heterocycles. The van der Waals surface area contributed by atoms with Crippen LogP contribution in [-0.4, -0.2) is 18.0 Å². The molecule has 0 aliphatic rings. The van der Waals surface area contributed by atoms with Crippen LogP contribution in [0.15, 0.2) is 40.9 Å². The van der Waals surface area contributed by atoms with Crippen LogP contribution in [0.1, 0.15) is 17.9 Å². The van der Waals surface area contributed by atoms with E-state index in [0.717, 1.165) is 17.7 Å². The van der Waals surface area contributed by atoms with Crippen molar-refractivity contribution in [3.8, 4) is 17.1 Å². The molecule has 8 heteroatoms. The van der Waals surface area contributed by atoms with E-state index in [1.165, 1.54) is 19.4 Å². The highest BCUT2D eigenvalue weighted by atomic mass is 35.5. The third-order valence-corrected chi connectivity index (χ3v) is 4.48. The number of benzene rings is 2. The Balaban J connectivity index is 1.64. The highest BCUT2D eigenvalue weighted by Crippen LogP contribution is 2.31. The van der Waals surface area contributed by atoms with Crippen molar-refractivity contribution in [2.24, 2.45) is 0 Å². The molecular weight excluding hydrogens is 390 g/mol. The van der Waals surface area contributed by atoms with Crippen molar-refractivity contribution in [1.29, 1.82) is 0 Å². The van der Waals surface area contributed by atoms with Gasteiger partial charge in [0.15, 0.2) is 11.7 Å². The van der Waals surface area contributed by atoms with Crippen molar-refractivity contribution in [3.05, 3.63) is 64.6 Å². The van der Waals surface area contributed by atoms with Gasteiger partial charge in [0.25, 0.3) is 0 Å². The molecule has 1 amide bonds. The van der Waals surface area contributed by atoms with Crippen LogP contribution in [0, 0.1) is 18.6 Å². The molecule has 146 valence electrons. The standard InChI is InChI=1S/C20H17ClF2N2O3/c1-11-7-16(17(27-2)9-14(11)21)25-19(26)5-6-20-24-10-18(28-20)13-4-3-12(22)8-15(13)23/h3-4,7-10H,5-6H2,1-2H3,(H,25,26). The van der Waals surface area contributed by atoms with Crippen LogP contribution in [0.25, 0.3) is 11.3 Å². The molecule has 1 N–H and O–H groups in total. The predicted octanol–water partition coefficient (Wildman–Crippen LogP) is 5.16. The monoisotopic (exact) mass is 406 g/mol. The zero-order valence-electron chi connectivity index (χ0n) is 15.2. The van der Waals surface area contributed by atoms with Gasteiger partial charge < -0.3 is 14.5 Å². The number of oxazole rings is 1. The second-order valence-electron chi connectivity index (χ2n) is 6.09. The number of carbonyl (C=O) groups is 1. The first kappa shape index (κ1) is 19.8. The number of hydrogen-bond donors (Lipinski definition) is 1. The molecule has 1 heterocycles. The third-order valence-electron chi connectivity index (χ3n) is 4.07. The van der Waals surface area contributed by atoms with Gasteiger partial charge >= 0.3 is 0 Å². The molecule has 0 atom stereocenters. The Kier molecular flexibility index (Phi) is 5.94. The average molecular weight is 407 g/mol. The largest absolute Gasteiger partial charge is 0.495 e. The van der Waals surface area contributed by atoms with E-state index < -0.39 is 11.6 Å². The van der Waals surface area contributed by atoms with Gasteiger partial charge in [-0.15, -0.1) is 0 Å². The fourth-order valence-electron chi connectivity index (χ4n) is 2.60. The molecule has 0 fully saturated rings. The summed E-state index contributed by atoms with van der Waals surface area (Å²) >= 11 is 6.05. The molecule has 3 aromatic rings. The number of aryl methyl sites for hydroxylation is 2. The van der Waals surface area contributed by atoms with Crippen LogP contribution in [0.2, 0.25) is 5.02 Å². The second kappa shape index (κ2) is 8.39. The van der Waals surface area contributed by atoms with E-state index in [9.17, 15) is 13.6 Å². The van der Waals surface area contributed by atoms with Crippen LogP contribution in [0.5, 0.6) is 5.75 Å². The molecule has 0 spiro atoms. The summed E-state index contributed by atoms with van der Waals surface area (Å²) in [4.78, 5) is 16.3. The number of amides is 1. The smallest absolute Gasteiger partial charge is 0.224 e. The van der Waals surface area contributed by atoms with Crippen molar-refractivity contribution in [1.82, 2.24) is 4.98 Å². The number of rotatable bonds is 6. The zero-order chi connectivity index (χ0) is 20.3. The van der Waals surface area contributed by atoms with Gasteiger partial charge in [0.05, 0.1) is 24.6 Å². The summed E-state index contributed by atoms with van der Waals surface area (Å²) in [6.45, 7) is 1.82. The number of carbonyl (C=O) groups excluding carboxylic acids is 1. The van der Waals surface area contributed by atoms with Crippen molar-refractivity contribution < 1.29 is 22.7 Å². The second-order valence-corrected chi connectivity index (χ2v) is 6.50. The van der Waals surface area contributed by atoms with Crippen LogP contribution >= 0.6 is 11.6 Å². The number of nitrogens with one attached hydrogen (secondary N) is 1. The van der Waals surface area contributed by atoms with Gasteiger partial charge in [-0.1, -0.05) is 11.6 Å². The molecule has 3 rings (SSSR count). The zero-order valence-corrected chi connectivity index (χ0v) is 15.9. The first-order chi connectivity index (χ1) is 13.4. The van der Waals surface area contributed by atoms with Crippen molar-refractivity contribution in [2.75, 3.05) is 12.4 Å². The first-order valence-corrected chi connectivity index (χ1v) is 8.79. The van der Waals surface area contributed by atoms with Crippen LogP contribution < -0.4 is 10.1 Å². The number of nitrogens with zero attached hydrogens (tertiary/aromatic N) is 1. The molecule has 0 saturated carbocycles. The van der Waals surface area contributed by atoms with E-state index in [-0.39, 0.29) is 36.0 Å².